The Bertz CT molecular complexity index is 1080. The van der Waals surface area contributed by atoms with Crippen molar-refractivity contribution in [3.05, 3.63) is 68.9 Å². The van der Waals surface area contributed by atoms with Crippen LogP contribution < -0.4 is 30.3 Å². The molecule has 6 heteroatoms. The van der Waals surface area contributed by atoms with Crippen molar-refractivity contribution in [3.8, 4) is 22.9 Å². The third-order valence-electron chi connectivity index (χ3n) is 4.06. The molecular weight excluding hydrogens is 332 g/mol. The first-order chi connectivity index (χ1) is 12.6. The smallest absolute Gasteiger partial charge is 0.279 e. The first-order valence-electron chi connectivity index (χ1n) is 7.96. The van der Waals surface area contributed by atoms with E-state index in [-0.39, 0.29) is 5.56 Å². The zero-order chi connectivity index (χ0) is 18.7. The van der Waals surface area contributed by atoms with E-state index in [4.69, 9.17) is 14.2 Å². The SMILES string of the molecule is C=c1[nH]n(-c2ccccc2)c(=O)/c1=C\c1cc(OC)c(OC)cc1OC. The van der Waals surface area contributed by atoms with E-state index < -0.39 is 0 Å². The molecule has 0 amide bonds. The highest BCUT2D eigenvalue weighted by molar-refractivity contribution is 5.63. The van der Waals surface area contributed by atoms with Gasteiger partial charge in [0.05, 0.1) is 37.6 Å². The van der Waals surface area contributed by atoms with Crippen LogP contribution in [0.5, 0.6) is 17.2 Å². The second kappa shape index (κ2) is 7.23. The highest BCUT2D eigenvalue weighted by Crippen LogP contribution is 2.34. The van der Waals surface area contributed by atoms with Crippen LogP contribution in [0.1, 0.15) is 5.56 Å². The zero-order valence-corrected chi connectivity index (χ0v) is 14.9. The fourth-order valence-electron chi connectivity index (χ4n) is 2.72. The minimum absolute atomic E-state index is 0.196. The molecule has 6 nitrogen and oxygen atoms in total. The Kier molecular flexibility index (Phi) is 4.84. The summed E-state index contributed by atoms with van der Waals surface area (Å²) >= 11 is 0. The lowest BCUT2D eigenvalue weighted by Gasteiger charge is -2.11. The molecule has 0 radical (unpaired) electrons. The molecule has 0 fully saturated rings. The Morgan fingerprint density at radius 1 is 0.962 bits per heavy atom. The number of aromatic amines is 1. The Labute approximate surface area is 150 Å². The lowest BCUT2D eigenvalue weighted by molar-refractivity contribution is 0.348. The quantitative estimate of drug-likeness (QED) is 0.754. The van der Waals surface area contributed by atoms with Gasteiger partial charge in [-0.3, -0.25) is 9.89 Å². The highest BCUT2D eigenvalue weighted by Gasteiger charge is 2.11. The molecule has 0 unspecified atom stereocenters. The molecule has 0 saturated heterocycles. The predicted octanol–water partition coefficient (Wildman–Crippen LogP) is 1.43. The van der Waals surface area contributed by atoms with Gasteiger partial charge in [0.25, 0.3) is 5.56 Å². The van der Waals surface area contributed by atoms with Crippen LogP contribution in [0.3, 0.4) is 0 Å². The van der Waals surface area contributed by atoms with E-state index in [2.05, 4.69) is 11.7 Å². The Balaban J connectivity index is 2.22. The van der Waals surface area contributed by atoms with Gasteiger partial charge in [-0.2, -0.15) is 0 Å². The minimum Gasteiger partial charge on any atom is -0.496 e. The predicted molar refractivity (Wildman–Crippen MR) is 101 cm³/mol. The standard InChI is InChI=1S/C20H20N2O4/c1-13-16(20(23)22(21-13)15-8-6-5-7-9-15)10-14-11-18(25-3)19(26-4)12-17(14)24-2/h5-12,21H,1H2,2-4H3/b16-10-. The third kappa shape index (κ3) is 3.09. The normalized spacial score (nSPS) is 11.4. The van der Waals surface area contributed by atoms with Crippen LogP contribution in [-0.2, 0) is 0 Å². The van der Waals surface area contributed by atoms with E-state index in [0.29, 0.717) is 33.4 Å². The Morgan fingerprint density at radius 3 is 2.19 bits per heavy atom. The summed E-state index contributed by atoms with van der Waals surface area (Å²) in [5.74, 6) is 1.66. The molecule has 0 bridgehead atoms. The fourth-order valence-corrected chi connectivity index (χ4v) is 2.72. The summed E-state index contributed by atoms with van der Waals surface area (Å²) in [6.07, 6.45) is 1.72. The van der Waals surface area contributed by atoms with E-state index >= 15 is 0 Å². The molecule has 3 aromatic rings. The van der Waals surface area contributed by atoms with Crippen LogP contribution in [0.2, 0.25) is 0 Å². The van der Waals surface area contributed by atoms with Gasteiger partial charge < -0.3 is 14.2 Å². The maximum absolute atomic E-state index is 12.8. The Hall–Kier alpha value is -3.41. The van der Waals surface area contributed by atoms with Crippen molar-refractivity contribution in [1.29, 1.82) is 0 Å². The fraction of sp³-hybridized carbons (Fsp3) is 0.150. The van der Waals surface area contributed by atoms with E-state index in [9.17, 15) is 4.79 Å². The lowest BCUT2D eigenvalue weighted by Crippen LogP contribution is -2.34. The molecule has 3 rings (SSSR count). The largest absolute Gasteiger partial charge is 0.496 e. The van der Waals surface area contributed by atoms with Crippen LogP contribution in [0, 0.1) is 0 Å². The summed E-state index contributed by atoms with van der Waals surface area (Å²) in [5.41, 5.74) is 1.23. The van der Waals surface area contributed by atoms with E-state index in [1.165, 1.54) is 4.68 Å². The first kappa shape index (κ1) is 17.4. The van der Waals surface area contributed by atoms with Crippen molar-refractivity contribution >= 4 is 12.7 Å². The van der Waals surface area contributed by atoms with Gasteiger partial charge in [-0.1, -0.05) is 24.8 Å². The topological polar surface area (TPSA) is 65.5 Å². The molecule has 0 saturated carbocycles. The average Bonchev–Trinajstić information content (AvgIpc) is 2.96. The van der Waals surface area contributed by atoms with Crippen molar-refractivity contribution in [1.82, 2.24) is 9.78 Å². The van der Waals surface area contributed by atoms with Crippen LogP contribution in [0.25, 0.3) is 18.3 Å². The average molecular weight is 352 g/mol. The number of ether oxygens (including phenoxy) is 3. The van der Waals surface area contributed by atoms with Crippen LogP contribution in [0.15, 0.2) is 47.3 Å². The number of nitrogens with one attached hydrogen (secondary N) is 1. The second-order valence-corrected chi connectivity index (χ2v) is 5.57. The number of hydrogen-bond acceptors (Lipinski definition) is 4. The van der Waals surface area contributed by atoms with E-state index in [0.717, 1.165) is 5.69 Å². The lowest BCUT2D eigenvalue weighted by atomic mass is 10.1. The van der Waals surface area contributed by atoms with Crippen molar-refractivity contribution in [2.75, 3.05) is 21.3 Å². The number of para-hydroxylation sites is 1. The van der Waals surface area contributed by atoms with Gasteiger partial charge in [-0.25, -0.2) is 4.68 Å². The van der Waals surface area contributed by atoms with Crippen LogP contribution >= 0.6 is 0 Å². The van der Waals surface area contributed by atoms with Crippen molar-refractivity contribution in [2.24, 2.45) is 0 Å². The highest BCUT2D eigenvalue weighted by atomic mass is 16.5. The van der Waals surface area contributed by atoms with Gasteiger partial charge in [0, 0.05) is 11.6 Å². The first-order valence-corrected chi connectivity index (χ1v) is 7.96. The number of H-pyrrole nitrogens is 1. The minimum atomic E-state index is -0.196. The molecule has 1 aromatic heterocycles. The van der Waals surface area contributed by atoms with Crippen molar-refractivity contribution in [3.63, 3.8) is 0 Å². The summed E-state index contributed by atoms with van der Waals surface area (Å²) in [6, 6.07) is 12.8. The molecule has 0 atom stereocenters. The molecular formula is C20H20N2O4. The molecule has 26 heavy (non-hydrogen) atoms. The summed E-state index contributed by atoms with van der Waals surface area (Å²) in [5, 5.41) is 3.96. The number of aromatic nitrogens is 2. The van der Waals surface area contributed by atoms with Gasteiger partial charge >= 0.3 is 0 Å². The summed E-state index contributed by atoms with van der Waals surface area (Å²) in [7, 11) is 4.67. The molecule has 0 aliphatic heterocycles. The maximum Gasteiger partial charge on any atom is 0.279 e. The van der Waals surface area contributed by atoms with Crippen LogP contribution in [0.4, 0.5) is 0 Å². The van der Waals surface area contributed by atoms with Gasteiger partial charge in [-0.05, 0) is 24.3 Å². The molecule has 134 valence electrons. The molecule has 2 aromatic carbocycles. The number of methoxy groups -OCH3 is 3. The van der Waals surface area contributed by atoms with E-state index in [1.807, 2.05) is 30.3 Å². The summed E-state index contributed by atoms with van der Waals surface area (Å²) in [6.45, 7) is 3.95. The maximum atomic E-state index is 12.8. The van der Waals surface area contributed by atoms with Gasteiger partial charge in [0.15, 0.2) is 11.5 Å². The number of hydrogen-bond donors (Lipinski definition) is 1. The van der Waals surface area contributed by atoms with Crippen molar-refractivity contribution in [2.45, 2.75) is 0 Å². The second-order valence-electron chi connectivity index (χ2n) is 5.57. The van der Waals surface area contributed by atoms with Gasteiger partial charge in [0.2, 0.25) is 0 Å². The van der Waals surface area contributed by atoms with E-state index in [1.54, 1.807) is 39.5 Å². The zero-order valence-electron chi connectivity index (χ0n) is 14.9. The third-order valence-corrected chi connectivity index (χ3v) is 4.06. The summed E-state index contributed by atoms with van der Waals surface area (Å²) < 4.78 is 17.5. The van der Waals surface area contributed by atoms with Gasteiger partial charge in [0.1, 0.15) is 5.75 Å². The number of benzene rings is 2. The molecule has 0 aliphatic carbocycles. The molecule has 0 aliphatic rings. The molecule has 0 spiro atoms. The van der Waals surface area contributed by atoms with Gasteiger partial charge in [-0.15, -0.1) is 0 Å². The molecule has 1 N–H and O–H groups in total. The van der Waals surface area contributed by atoms with Crippen molar-refractivity contribution < 1.29 is 14.2 Å². The Morgan fingerprint density at radius 2 is 1.58 bits per heavy atom. The van der Waals surface area contributed by atoms with Crippen LogP contribution in [-0.4, -0.2) is 31.1 Å². The molecule has 1 heterocycles. The summed E-state index contributed by atoms with van der Waals surface area (Å²) in [4.78, 5) is 12.8. The number of rotatable bonds is 5. The monoisotopic (exact) mass is 352 g/mol. The number of nitrogens with zero attached hydrogens (tertiary/aromatic N) is 1.